The van der Waals surface area contributed by atoms with Gasteiger partial charge in [-0.05, 0) is 30.5 Å². The Morgan fingerprint density at radius 3 is 2.59 bits per heavy atom. The maximum absolute atomic E-state index is 13.1. The predicted octanol–water partition coefficient (Wildman–Crippen LogP) is 4.34. The molecule has 1 saturated carbocycles. The topological polar surface area (TPSA) is 79.3 Å². The number of aldehydes is 1. The number of alkyl halides is 3. The highest BCUT2D eigenvalue weighted by atomic mass is 35.5. The molecule has 5 nitrogen and oxygen atoms in total. The third-order valence-corrected chi connectivity index (χ3v) is 5.45. The second-order valence-electron chi connectivity index (χ2n) is 7.02. The Kier molecular flexibility index (Phi) is 5.95. The molecule has 1 fully saturated rings. The maximum atomic E-state index is 13.1. The second kappa shape index (κ2) is 8.12. The molecule has 1 atom stereocenters. The Hall–Kier alpha value is -2.45. The van der Waals surface area contributed by atoms with Gasteiger partial charge < -0.3 is 10.4 Å². The van der Waals surface area contributed by atoms with Crippen LogP contribution < -0.4 is 5.32 Å². The predicted molar refractivity (Wildman–Crippen MR) is 99.7 cm³/mol. The largest absolute Gasteiger partial charge is 0.417 e. The summed E-state index contributed by atoms with van der Waals surface area (Å²) in [5.74, 6) is -0.942. The highest BCUT2D eigenvalue weighted by Gasteiger charge is 2.42. The average Bonchev–Trinajstić information content (AvgIpc) is 3.12. The van der Waals surface area contributed by atoms with Crippen molar-refractivity contribution in [2.75, 3.05) is 0 Å². The summed E-state index contributed by atoms with van der Waals surface area (Å²) in [4.78, 5) is 27.6. The summed E-state index contributed by atoms with van der Waals surface area (Å²) in [5.41, 5.74) is -2.24. The molecule has 9 heteroatoms. The minimum Gasteiger partial charge on any atom is -0.387 e. The molecule has 154 valence electrons. The third-order valence-electron chi connectivity index (χ3n) is 5.07. The van der Waals surface area contributed by atoms with Gasteiger partial charge in [0.25, 0.3) is 5.91 Å². The fraction of sp³-hybridized carbons (Fsp3) is 0.350. The smallest absolute Gasteiger partial charge is 0.387 e. The van der Waals surface area contributed by atoms with Crippen molar-refractivity contribution < 1.29 is 27.9 Å². The molecule has 0 aliphatic heterocycles. The Balaban J connectivity index is 1.98. The monoisotopic (exact) mass is 426 g/mol. The fourth-order valence-electron chi connectivity index (χ4n) is 3.64. The average molecular weight is 427 g/mol. The molecule has 3 rings (SSSR count). The Bertz CT molecular complexity index is 927. The number of benzene rings is 1. The van der Waals surface area contributed by atoms with Gasteiger partial charge in [0.15, 0.2) is 0 Å². The third kappa shape index (κ3) is 4.43. The van der Waals surface area contributed by atoms with Crippen LogP contribution >= 0.6 is 11.6 Å². The van der Waals surface area contributed by atoms with Gasteiger partial charge in [0, 0.05) is 11.8 Å². The van der Waals surface area contributed by atoms with Gasteiger partial charge in [-0.3, -0.25) is 9.59 Å². The van der Waals surface area contributed by atoms with Gasteiger partial charge in [0.1, 0.15) is 12.0 Å². The van der Waals surface area contributed by atoms with Crippen LogP contribution in [-0.2, 0) is 6.18 Å². The molecular weight excluding hydrogens is 409 g/mol. The molecule has 1 aliphatic rings. The zero-order valence-corrected chi connectivity index (χ0v) is 15.9. The number of halogens is 4. The Morgan fingerprint density at radius 2 is 1.97 bits per heavy atom. The van der Waals surface area contributed by atoms with Crippen molar-refractivity contribution in [1.29, 1.82) is 0 Å². The molecule has 0 bridgehead atoms. The van der Waals surface area contributed by atoms with E-state index in [9.17, 15) is 27.9 Å². The summed E-state index contributed by atoms with van der Waals surface area (Å²) in [6.07, 6.45) is -0.990. The van der Waals surface area contributed by atoms with Gasteiger partial charge in [-0.15, -0.1) is 0 Å². The second-order valence-corrected chi connectivity index (χ2v) is 7.40. The molecular formula is C20H18ClF3N2O3. The van der Waals surface area contributed by atoms with Crippen LogP contribution in [0.5, 0.6) is 0 Å². The molecule has 1 heterocycles. The number of pyridine rings is 1. The molecule has 29 heavy (non-hydrogen) atoms. The summed E-state index contributed by atoms with van der Waals surface area (Å²) >= 11 is 5.81. The number of rotatable bonds is 5. The van der Waals surface area contributed by atoms with E-state index in [4.69, 9.17) is 11.6 Å². The molecule has 0 spiro atoms. The van der Waals surface area contributed by atoms with Gasteiger partial charge in [0.05, 0.1) is 22.2 Å². The standard InChI is InChI=1S/C20H18ClF3N2O3/c21-15-14(20(22,23)24)6-9-25-16(15)18(28)26-17(19(29)7-1-2-8-19)13-5-3-4-12(10-13)11-27/h3-6,9-11,17,29H,1-2,7-8H2,(H,26,28). The van der Waals surface area contributed by atoms with Crippen LogP contribution in [0.25, 0.3) is 0 Å². The molecule has 1 aromatic heterocycles. The van der Waals surface area contributed by atoms with Crippen LogP contribution in [-0.4, -0.2) is 27.9 Å². The van der Waals surface area contributed by atoms with E-state index >= 15 is 0 Å². The molecule has 2 N–H and O–H groups in total. The van der Waals surface area contributed by atoms with E-state index in [-0.39, 0.29) is 0 Å². The maximum Gasteiger partial charge on any atom is 0.417 e. The van der Waals surface area contributed by atoms with Crippen molar-refractivity contribution in [3.8, 4) is 0 Å². The van der Waals surface area contributed by atoms with Crippen LogP contribution in [0, 0.1) is 0 Å². The number of nitrogens with zero attached hydrogens (tertiary/aromatic N) is 1. The molecule has 1 unspecified atom stereocenters. The summed E-state index contributed by atoms with van der Waals surface area (Å²) < 4.78 is 39.3. The van der Waals surface area contributed by atoms with Gasteiger partial charge in [-0.25, -0.2) is 4.98 Å². The Labute approximate surface area is 169 Å². The van der Waals surface area contributed by atoms with Crippen molar-refractivity contribution in [2.45, 2.75) is 43.5 Å². The molecule has 2 aromatic rings. The number of hydrogen-bond donors (Lipinski definition) is 2. The summed E-state index contributed by atoms with van der Waals surface area (Å²) in [5, 5.41) is 12.9. The van der Waals surface area contributed by atoms with E-state index in [2.05, 4.69) is 10.3 Å². The zero-order valence-electron chi connectivity index (χ0n) is 15.2. The van der Waals surface area contributed by atoms with Crippen molar-refractivity contribution in [2.24, 2.45) is 0 Å². The number of hydrogen-bond acceptors (Lipinski definition) is 4. The molecule has 0 saturated heterocycles. The molecule has 1 aliphatic carbocycles. The normalized spacial score (nSPS) is 17.0. The summed E-state index contributed by atoms with van der Waals surface area (Å²) in [6.45, 7) is 0. The van der Waals surface area contributed by atoms with Gasteiger partial charge >= 0.3 is 6.18 Å². The quantitative estimate of drug-likeness (QED) is 0.697. The lowest BCUT2D eigenvalue weighted by molar-refractivity contribution is -0.137. The zero-order chi connectivity index (χ0) is 21.2. The number of carbonyl (C=O) groups is 2. The summed E-state index contributed by atoms with van der Waals surface area (Å²) in [6, 6.07) is 6.08. The number of amides is 1. The minimum absolute atomic E-state index is 0.346. The van der Waals surface area contributed by atoms with Gasteiger partial charge in [-0.2, -0.15) is 13.2 Å². The number of carbonyl (C=O) groups excluding carboxylic acids is 2. The first-order valence-electron chi connectivity index (χ1n) is 8.96. The van der Waals surface area contributed by atoms with Crippen molar-refractivity contribution >= 4 is 23.8 Å². The lowest BCUT2D eigenvalue weighted by Gasteiger charge is -2.34. The fourth-order valence-corrected chi connectivity index (χ4v) is 3.94. The van der Waals surface area contributed by atoms with Crippen molar-refractivity contribution in [3.05, 3.63) is 63.9 Å². The highest BCUT2D eigenvalue weighted by molar-refractivity contribution is 6.34. The van der Waals surface area contributed by atoms with Gasteiger partial charge in [0.2, 0.25) is 0 Å². The first kappa shape index (κ1) is 21.3. The lowest BCUT2D eigenvalue weighted by atomic mass is 9.86. The van der Waals surface area contributed by atoms with Crippen LogP contribution in [0.1, 0.15) is 63.7 Å². The molecule has 0 radical (unpaired) electrons. The lowest BCUT2D eigenvalue weighted by Crippen LogP contribution is -2.44. The van der Waals surface area contributed by atoms with E-state index in [0.29, 0.717) is 36.3 Å². The minimum atomic E-state index is -4.74. The van der Waals surface area contributed by atoms with Crippen LogP contribution in [0.15, 0.2) is 36.5 Å². The van der Waals surface area contributed by atoms with Crippen molar-refractivity contribution in [1.82, 2.24) is 10.3 Å². The molecule has 1 amide bonds. The first-order valence-corrected chi connectivity index (χ1v) is 9.33. The number of aromatic nitrogens is 1. The molecule has 1 aromatic carbocycles. The van der Waals surface area contributed by atoms with E-state index in [1.54, 1.807) is 18.2 Å². The van der Waals surface area contributed by atoms with Crippen LogP contribution in [0.4, 0.5) is 13.2 Å². The van der Waals surface area contributed by atoms with E-state index in [1.807, 2.05) is 0 Å². The van der Waals surface area contributed by atoms with E-state index in [1.165, 1.54) is 6.07 Å². The van der Waals surface area contributed by atoms with Crippen molar-refractivity contribution in [3.63, 3.8) is 0 Å². The van der Waals surface area contributed by atoms with Crippen LogP contribution in [0.2, 0.25) is 5.02 Å². The van der Waals surface area contributed by atoms with E-state index < -0.39 is 40.0 Å². The van der Waals surface area contributed by atoms with Crippen LogP contribution in [0.3, 0.4) is 0 Å². The number of aliphatic hydroxyl groups is 1. The highest BCUT2D eigenvalue weighted by Crippen LogP contribution is 2.41. The SMILES string of the molecule is O=Cc1cccc(C(NC(=O)c2nccc(C(F)(F)F)c2Cl)C2(O)CCCC2)c1. The summed E-state index contributed by atoms with van der Waals surface area (Å²) in [7, 11) is 0. The number of nitrogens with one attached hydrogen (secondary N) is 1. The first-order chi connectivity index (χ1) is 13.7. The Morgan fingerprint density at radius 1 is 1.28 bits per heavy atom. The van der Waals surface area contributed by atoms with Gasteiger partial charge in [-0.1, -0.05) is 42.6 Å². The van der Waals surface area contributed by atoms with E-state index in [0.717, 1.165) is 19.0 Å².